The van der Waals surface area contributed by atoms with Crippen LogP contribution in [0.3, 0.4) is 0 Å². The molecule has 1 N–H and O–H groups in total. The molecule has 0 spiro atoms. The van der Waals surface area contributed by atoms with E-state index in [0.717, 1.165) is 25.0 Å². The predicted octanol–water partition coefficient (Wildman–Crippen LogP) is 3.30. The quantitative estimate of drug-likeness (QED) is 0.687. The van der Waals surface area contributed by atoms with Crippen LogP contribution < -0.4 is 4.74 Å². The maximum atomic E-state index is 12.6. The normalized spacial score (nSPS) is 22.9. The highest BCUT2D eigenvalue weighted by molar-refractivity contribution is 5.49. The lowest BCUT2D eigenvalue weighted by Crippen LogP contribution is -2.34. The summed E-state index contributed by atoms with van der Waals surface area (Å²) in [6.07, 6.45) is -3.40. The van der Waals surface area contributed by atoms with Crippen LogP contribution in [0.15, 0.2) is 18.2 Å². The van der Waals surface area contributed by atoms with Crippen LogP contribution in [0, 0.1) is 10.1 Å². The molecule has 2 atom stereocenters. The number of hydrogen-bond donors (Lipinski definition) is 1. The van der Waals surface area contributed by atoms with E-state index in [1.54, 1.807) is 0 Å². The summed E-state index contributed by atoms with van der Waals surface area (Å²) in [5, 5.41) is 20.7. The average Bonchev–Trinajstić information content (AvgIpc) is 2.40. The van der Waals surface area contributed by atoms with Crippen LogP contribution in [0.5, 0.6) is 5.75 Å². The van der Waals surface area contributed by atoms with Crippen molar-refractivity contribution in [2.24, 2.45) is 0 Å². The van der Waals surface area contributed by atoms with Gasteiger partial charge in [-0.25, -0.2) is 0 Å². The highest BCUT2D eigenvalue weighted by Gasteiger charge is 2.34. The van der Waals surface area contributed by atoms with Gasteiger partial charge >= 0.3 is 11.9 Å². The Morgan fingerprint density at radius 2 is 1.95 bits per heavy atom. The highest BCUT2D eigenvalue weighted by atomic mass is 19.4. The van der Waals surface area contributed by atoms with Gasteiger partial charge in [0.1, 0.15) is 6.10 Å². The van der Waals surface area contributed by atoms with Crippen molar-refractivity contribution >= 4 is 5.69 Å². The minimum Gasteiger partial charge on any atom is -0.481 e. The monoisotopic (exact) mass is 305 g/mol. The molecule has 1 aliphatic rings. The van der Waals surface area contributed by atoms with E-state index in [2.05, 4.69) is 0 Å². The maximum Gasteiger partial charge on any atom is 0.416 e. The molecule has 116 valence electrons. The van der Waals surface area contributed by atoms with E-state index < -0.39 is 34.6 Å². The Balaban J connectivity index is 2.28. The number of nitrogens with zero attached hydrogens (tertiary/aromatic N) is 1. The number of rotatable bonds is 3. The molecule has 5 nitrogen and oxygen atoms in total. The van der Waals surface area contributed by atoms with E-state index in [1.807, 2.05) is 0 Å². The van der Waals surface area contributed by atoms with E-state index in [-0.39, 0.29) is 5.75 Å². The molecule has 21 heavy (non-hydrogen) atoms. The van der Waals surface area contributed by atoms with E-state index in [0.29, 0.717) is 18.9 Å². The second-order valence-electron chi connectivity index (χ2n) is 4.95. The molecule has 1 aliphatic carbocycles. The first-order valence-corrected chi connectivity index (χ1v) is 6.49. The van der Waals surface area contributed by atoms with Gasteiger partial charge in [-0.15, -0.1) is 0 Å². The predicted molar refractivity (Wildman–Crippen MR) is 67.0 cm³/mol. The first-order chi connectivity index (χ1) is 9.79. The number of nitro groups is 1. The molecule has 0 radical (unpaired) electrons. The Kier molecular flexibility index (Phi) is 4.36. The first-order valence-electron chi connectivity index (χ1n) is 6.49. The fourth-order valence-corrected chi connectivity index (χ4v) is 2.31. The Hall–Kier alpha value is -1.83. The lowest BCUT2D eigenvalue weighted by Gasteiger charge is -2.28. The van der Waals surface area contributed by atoms with Crippen LogP contribution >= 0.6 is 0 Å². The van der Waals surface area contributed by atoms with Crippen molar-refractivity contribution in [3.8, 4) is 5.75 Å². The van der Waals surface area contributed by atoms with Gasteiger partial charge in [-0.3, -0.25) is 10.1 Å². The van der Waals surface area contributed by atoms with Gasteiger partial charge in [0, 0.05) is 6.07 Å². The minimum atomic E-state index is -4.66. The fourth-order valence-electron chi connectivity index (χ4n) is 2.31. The Bertz CT molecular complexity index is 533. The number of benzene rings is 1. The van der Waals surface area contributed by atoms with E-state index >= 15 is 0 Å². The smallest absolute Gasteiger partial charge is 0.416 e. The first kappa shape index (κ1) is 15.6. The van der Waals surface area contributed by atoms with Gasteiger partial charge in [0.25, 0.3) is 0 Å². The molecule has 8 heteroatoms. The van der Waals surface area contributed by atoms with Gasteiger partial charge < -0.3 is 9.84 Å². The number of aliphatic hydroxyl groups is 1. The number of alkyl halides is 3. The molecule has 1 saturated carbocycles. The molecule has 1 aromatic rings. The van der Waals surface area contributed by atoms with Crippen molar-refractivity contribution in [1.29, 1.82) is 0 Å². The molecule has 1 aromatic carbocycles. The molecular formula is C13H14F3NO4. The zero-order valence-electron chi connectivity index (χ0n) is 11.0. The molecular weight excluding hydrogens is 291 g/mol. The summed E-state index contributed by atoms with van der Waals surface area (Å²) in [5.74, 6) is -0.251. The van der Waals surface area contributed by atoms with Crippen molar-refractivity contribution in [1.82, 2.24) is 0 Å². The molecule has 0 bridgehead atoms. The van der Waals surface area contributed by atoms with Crippen LogP contribution in [0.25, 0.3) is 0 Å². The Labute approximate surface area is 118 Å². The summed E-state index contributed by atoms with van der Waals surface area (Å²) >= 11 is 0. The molecule has 2 unspecified atom stereocenters. The van der Waals surface area contributed by atoms with Crippen LogP contribution in [0.4, 0.5) is 18.9 Å². The number of ether oxygens (including phenoxy) is 1. The van der Waals surface area contributed by atoms with Crippen LogP contribution in [0.2, 0.25) is 0 Å². The second kappa shape index (κ2) is 5.88. The number of hydrogen-bond acceptors (Lipinski definition) is 4. The molecule has 0 heterocycles. The van der Waals surface area contributed by atoms with Gasteiger partial charge in [-0.1, -0.05) is 6.42 Å². The lowest BCUT2D eigenvalue weighted by atomic mass is 9.95. The number of halogens is 3. The van der Waals surface area contributed by atoms with Crippen LogP contribution in [0.1, 0.15) is 31.2 Å². The maximum absolute atomic E-state index is 12.6. The van der Waals surface area contributed by atoms with Crippen LogP contribution in [-0.4, -0.2) is 22.2 Å². The summed E-state index contributed by atoms with van der Waals surface area (Å²) < 4.78 is 43.1. The average molecular weight is 305 g/mol. The summed E-state index contributed by atoms with van der Waals surface area (Å²) in [6.45, 7) is 0. The van der Waals surface area contributed by atoms with Gasteiger partial charge in [0.2, 0.25) is 0 Å². The summed E-state index contributed by atoms with van der Waals surface area (Å²) in [6, 6.07) is 2.12. The van der Waals surface area contributed by atoms with Gasteiger partial charge in [-0.2, -0.15) is 13.2 Å². The second-order valence-corrected chi connectivity index (χ2v) is 4.95. The molecule has 0 aromatic heterocycles. The van der Waals surface area contributed by atoms with Gasteiger partial charge in [0.15, 0.2) is 5.75 Å². The van der Waals surface area contributed by atoms with Gasteiger partial charge in [-0.05, 0) is 31.4 Å². The molecule has 1 fully saturated rings. The summed E-state index contributed by atoms with van der Waals surface area (Å²) in [7, 11) is 0. The van der Waals surface area contributed by atoms with Crippen molar-refractivity contribution < 1.29 is 27.9 Å². The largest absolute Gasteiger partial charge is 0.481 e. The van der Waals surface area contributed by atoms with Crippen molar-refractivity contribution in [2.75, 3.05) is 0 Å². The lowest BCUT2D eigenvalue weighted by molar-refractivity contribution is -0.386. The molecule has 0 saturated heterocycles. The third kappa shape index (κ3) is 3.63. The zero-order valence-corrected chi connectivity index (χ0v) is 11.0. The van der Waals surface area contributed by atoms with E-state index in [9.17, 15) is 28.4 Å². The standard InChI is InChI=1S/C13H14F3NO4/c14-13(15,16)8-5-6-11(9(7-8)17(19)20)21-12-4-2-1-3-10(12)18/h5-7,10,12,18H,1-4H2. The zero-order chi connectivity index (χ0) is 15.6. The van der Waals surface area contributed by atoms with Crippen molar-refractivity contribution in [3.05, 3.63) is 33.9 Å². The fraction of sp³-hybridized carbons (Fsp3) is 0.538. The van der Waals surface area contributed by atoms with Crippen molar-refractivity contribution in [3.63, 3.8) is 0 Å². The number of nitro benzene ring substituents is 1. The minimum absolute atomic E-state index is 0.251. The molecule has 2 rings (SSSR count). The Morgan fingerprint density at radius 3 is 2.52 bits per heavy atom. The Morgan fingerprint density at radius 1 is 1.29 bits per heavy atom. The summed E-state index contributed by atoms with van der Waals surface area (Å²) in [4.78, 5) is 10.0. The molecule has 0 aliphatic heterocycles. The third-order valence-corrected chi connectivity index (χ3v) is 3.43. The van der Waals surface area contributed by atoms with Gasteiger partial charge in [0.05, 0.1) is 16.6 Å². The van der Waals surface area contributed by atoms with Crippen molar-refractivity contribution in [2.45, 2.75) is 44.1 Å². The van der Waals surface area contributed by atoms with E-state index in [4.69, 9.17) is 4.74 Å². The SMILES string of the molecule is O=[N+]([O-])c1cc(C(F)(F)F)ccc1OC1CCCCC1O. The third-order valence-electron chi connectivity index (χ3n) is 3.43. The topological polar surface area (TPSA) is 72.6 Å². The molecule has 0 amide bonds. The van der Waals surface area contributed by atoms with E-state index in [1.165, 1.54) is 0 Å². The van der Waals surface area contributed by atoms with Crippen LogP contribution in [-0.2, 0) is 6.18 Å². The summed E-state index contributed by atoms with van der Waals surface area (Å²) in [5.41, 5.74) is -1.85. The highest BCUT2D eigenvalue weighted by Crippen LogP contribution is 2.37. The number of aliphatic hydroxyl groups excluding tert-OH is 1.